The van der Waals surface area contributed by atoms with Crippen molar-refractivity contribution < 1.29 is 13.2 Å². The largest absolute Gasteiger partial charge is 0.383 e. The summed E-state index contributed by atoms with van der Waals surface area (Å²) in [5, 5.41) is 0. The number of anilines is 2. The Morgan fingerprint density at radius 2 is 1.25 bits per heavy atom. The van der Waals surface area contributed by atoms with Crippen molar-refractivity contribution in [1.82, 2.24) is 0 Å². The third-order valence-electron chi connectivity index (χ3n) is 5.33. The Hall–Kier alpha value is -1.85. The molecule has 0 atom stereocenters. The van der Waals surface area contributed by atoms with E-state index in [1.54, 1.807) is 7.11 Å². The molecule has 0 spiro atoms. The van der Waals surface area contributed by atoms with Crippen LogP contribution < -0.4 is 4.90 Å². The molecule has 1 aliphatic heterocycles. The summed E-state index contributed by atoms with van der Waals surface area (Å²) < 4.78 is 32.5. The Bertz CT molecular complexity index is 924. The van der Waals surface area contributed by atoms with Gasteiger partial charge in [-0.25, -0.2) is 8.42 Å². The molecular weight excluding hydrogens is 370 g/mol. The highest BCUT2D eigenvalue weighted by molar-refractivity contribution is 7.92. The molecule has 5 heteroatoms. The number of rotatable bonds is 3. The van der Waals surface area contributed by atoms with Crippen LogP contribution >= 0.6 is 0 Å². The van der Waals surface area contributed by atoms with Gasteiger partial charge in [0.05, 0.1) is 27.8 Å². The van der Waals surface area contributed by atoms with Gasteiger partial charge in [-0.15, -0.1) is 0 Å². The van der Waals surface area contributed by atoms with Gasteiger partial charge in [-0.3, -0.25) is 0 Å². The molecule has 0 amide bonds. The summed E-state index contributed by atoms with van der Waals surface area (Å²) in [5.74, 6) is 0. The van der Waals surface area contributed by atoms with Crippen molar-refractivity contribution in [2.24, 2.45) is 0 Å². The number of hydrogen-bond donors (Lipinski definition) is 0. The van der Waals surface area contributed by atoms with E-state index >= 15 is 0 Å². The van der Waals surface area contributed by atoms with Gasteiger partial charge in [-0.05, 0) is 46.2 Å². The number of hydrogen-bond acceptors (Lipinski definition) is 4. The van der Waals surface area contributed by atoms with E-state index in [1.165, 1.54) is 0 Å². The zero-order chi connectivity index (χ0) is 20.9. The number of sulfone groups is 1. The lowest BCUT2D eigenvalue weighted by Crippen LogP contribution is -2.30. The van der Waals surface area contributed by atoms with Gasteiger partial charge in [0.25, 0.3) is 0 Å². The Kier molecular flexibility index (Phi) is 5.13. The summed E-state index contributed by atoms with van der Waals surface area (Å²) in [6.45, 7) is 13.7. The summed E-state index contributed by atoms with van der Waals surface area (Å²) in [5.41, 5.74) is 3.21. The van der Waals surface area contributed by atoms with Crippen molar-refractivity contribution in [3.8, 4) is 0 Å². The Morgan fingerprint density at radius 3 is 1.61 bits per heavy atom. The van der Waals surface area contributed by atoms with E-state index in [1.807, 2.05) is 36.4 Å². The maximum atomic E-state index is 13.6. The van der Waals surface area contributed by atoms with Crippen molar-refractivity contribution >= 4 is 21.2 Å². The average molecular weight is 402 g/mol. The summed E-state index contributed by atoms with van der Waals surface area (Å²) in [6, 6.07) is 11.6. The minimum Gasteiger partial charge on any atom is -0.383 e. The standard InChI is InChI=1S/C23H31NO3S/c1-22(2,3)16-8-10-18-20(14-16)28(25,26)21-15-17(23(4,5)6)9-11-19(21)24(18)12-13-27-7/h8-11,14-15H,12-13H2,1-7H3. The van der Waals surface area contributed by atoms with Crippen LogP contribution in [0.1, 0.15) is 52.7 Å². The molecule has 0 saturated heterocycles. The lowest BCUT2D eigenvalue weighted by molar-refractivity contribution is 0.207. The first-order chi connectivity index (χ1) is 12.9. The van der Waals surface area contributed by atoms with Gasteiger partial charge in [-0.2, -0.15) is 0 Å². The summed E-state index contributed by atoms with van der Waals surface area (Å²) in [6.07, 6.45) is 0. The monoisotopic (exact) mass is 401 g/mol. The molecule has 0 radical (unpaired) electrons. The van der Waals surface area contributed by atoms with Crippen LogP contribution in [0.2, 0.25) is 0 Å². The SMILES string of the molecule is COCCN1c2ccc(C(C)(C)C)cc2S(=O)(=O)c2cc(C(C)(C)C)ccc21. The van der Waals surface area contributed by atoms with Crippen molar-refractivity contribution in [3.63, 3.8) is 0 Å². The second kappa shape index (κ2) is 6.89. The molecule has 152 valence electrons. The second-order valence-electron chi connectivity index (χ2n) is 9.51. The first-order valence-electron chi connectivity index (χ1n) is 9.68. The zero-order valence-electron chi connectivity index (χ0n) is 18.0. The molecule has 0 fully saturated rings. The highest BCUT2D eigenvalue weighted by Crippen LogP contribution is 2.46. The fourth-order valence-corrected chi connectivity index (χ4v) is 5.22. The molecule has 28 heavy (non-hydrogen) atoms. The van der Waals surface area contributed by atoms with Crippen LogP contribution in [0.3, 0.4) is 0 Å². The van der Waals surface area contributed by atoms with Gasteiger partial charge in [0.15, 0.2) is 0 Å². The summed E-state index contributed by atoms with van der Waals surface area (Å²) in [7, 11) is -1.95. The molecule has 1 aliphatic rings. The fraction of sp³-hybridized carbons (Fsp3) is 0.478. The number of fused-ring (bicyclic) bond motifs is 2. The van der Waals surface area contributed by atoms with E-state index in [9.17, 15) is 8.42 Å². The molecule has 0 aliphatic carbocycles. The minimum atomic E-state index is -3.61. The molecular formula is C23H31NO3S. The first kappa shape index (κ1) is 20.9. The van der Waals surface area contributed by atoms with Crippen LogP contribution in [0, 0.1) is 0 Å². The first-order valence-corrected chi connectivity index (χ1v) is 11.2. The molecule has 3 rings (SSSR count). The Labute approximate surface area is 169 Å². The van der Waals surface area contributed by atoms with Crippen molar-refractivity contribution in [1.29, 1.82) is 0 Å². The maximum Gasteiger partial charge on any atom is 0.210 e. The van der Waals surface area contributed by atoms with Crippen LogP contribution in [0.25, 0.3) is 0 Å². The van der Waals surface area contributed by atoms with Crippen LogP contribution in [-0.2, 0) is 25.4 Å². The van der Waals surface area contributed by atoms with E-state index < -0.39 is 9.84 Å². The number of benzene rings is 2. The second-order valence-corrected chi connectivity index (χ2v) is 11.4. The van der Waals surface area contributed by atoms with Crippen molar-refractivity contribution in [3.05, 3.63) is 47.5 Å². The zero-order valence-corrected chi connectivity index (χ0v) is 18.8. The molecule has 0 N–H and O–H groups in total. The van der Waals surface area contributed by atoms with Crippen LogP contribution in [0.15, 0.2) is 46.2 Å². The third-order valence-corrected chi connectivity index (χ3v) is 7.14. The quantitative estimate of drug-likeness (QED) is 0.708. The minimum absolute atomic E-state index is 0.130. The molecule has 2 aromatic carbocycles. The Balaban J connectivity index is 2.28. The maximum absolute atomic E-state index is 13.6. The lowest BCUT2D eigenvalue weighted by atomic mass is 9.86. The van der Waals surface area contributed by atoms with Gasteiger partial charge in [0, 0.05) is 13.7 Å². The number of methoxy groups -OCH3 is 1. The smallest absolute Gasteiger partial charge is 0.210 e. The van der Waals surface area contributed by atoms with Crippen LogP contribution in [-0.4, -0.2) is 28.7 Å². The van der Waals surface area contributed by atoms with E-state index in [4.69, 9.17) is 4.74 Å². The highest BCUT2D eigenvalue weighted by atomic mass is 32.2. The van der Waals surface area contributed by atoms with Gasteiger partial charge >= 0.3 is 0 Å². The third kappa shape index (κ3) is 3.58. The molecule has 2 aromatic rings. The van der Waals surface area contributed by atoms with Crippen LogP contribution in [0.4, 0.5) is 11.4 Å². The lowest BCUT2D eigenvalue weighted by Gasteiger charge is -2.35. The van der Waals surface area contributed by atoms with Crippen molar-refractivity contribution in [2.45, 2.75) is 62.2 Å². The van der Waals surface area contributed by atoms with Gasteiger partial charge in [-0.1, -0.05) is 53.7 Å². The number of nitrogens with zero attached hydrogens (tertiary/aromatic N) is 1. The van der Waals surface area contributed by atoms with E-state index in [-0.39, 0.29) is 10.8 Å². The predicted octanol–water partition coefficient (Wildman–Crippen LogP) is 5.21. The normalized spacial score (nSPS) is 15.9. The molecule has 0 unspecified atom stereocenters. The molecule has 0 aromatic heterocycles. The van der Waals surface area contributed by atoms with Gasteiger partial charge < -0.3 is 9.64 Å². The molecule has 0 bridgehead atoms. The van der Waals surface area contributed by atoms with E-state index in [0.29, 0.717) is 22.9 Å². The average Bonchev–Trinajstić information content (AvgIpc) is 2.59. The fourth-order valence-electron chi connectivity index (χ4n) is 3.51. The van der Waals surface area contributed by atoms with E-state index in [2.05, 4.69) is 46.4 Å². The highest BCUT2D eigenvalue weighted by Gasteiger charge is 2.36. The topological polar surface area (TPSA) is 46.6 Å². The van der Waals surface area contributed by atoms with Gasteiger partial charge in [0.1, 0.15) is 0 Å². The molecule has 4 nitrogen and oxygen atoms in total. The van der Waals surface area contributed by atoms with Crippen molar-refractivity contribution in [2.75, 3.05) is 25.2 Å². The molecule has 1 heterocycles. The Morgan fingerprint density at radius 1 is 0.821 bits per heavy atom. The predicted molar refractivity (Wildman–Crippen MR) is 115 cm³/mol. The summed E-state index contributed by atoms with van der Waals surface area (Å²) >= 11 is 0. The van der Waals surface area contributed by atoms with Crippen LogP contribution in [0.5, 0.6) is 0 Å². The molecule has 0 saturated carbocycles. The van der Waals surface area contributed by atoms with Gasteiger partial charge in [0.2, 0.25) is 9.84 Å². The van der Waals surface area contributed by atoms with E-state index in [0.717, 1.165) is 22.5 Å². The summed E-state index contributed by atoms with van der Waals surface area (Å²) in [4.78, 5) is 2.83. The number of ether oxygens (including phenoxy) is 1.